The van der Waals surface area contributed by atoms with Crippen molar-refractivity contribution in [1.82, 2.24) is 14.4 Å². The van der Waals surface area contributed by atoms with Crippen molar-refractivity contribution in [3.8, 4) is 5.75 Å². The van der Waals surface area contributed by atoms with Crippen molar-refractivity contribution in [2.24, 2.45) is 5.92 Å². The number of nitrogens with zero attached hydrogens (tertiary/aromatic N) is 3. The van der Waals surface area contributed by atoms with E-state index in [0.717, 1.165) is 62.9 Å². The van der Waals surface area contributed by atoms with E-state index in [4.69, 9.17) is 10.1 Å². The summed E-state index contributed by atoms with van der Waals surface area (Å²) in [4.78, 5) is 4.80. The van der Waals surface area contributed by atoms with Gasteiger partial charge >= 0.3 is 0 Å². The summed E-state index contributed by atoms with van der Waals surface area (Å²) in [6.07, 6.45) is 3.44. The van der Waals surface area contributed by atoms with E-state index in [2.05, 4.69) is 70.7 Å². The van der Waals surface area contributed by atoms with Crippen LogP contribution in [0.5, 0.6) is 5.75 Å². The second-order valence-corrected chi connectivity index (χ2v) is 9.96. The van der Waals surface area contributed by atoms with Crippen molar-refractivity contribution in [1.29, 1.82) is 5.41 Å². The number of likely N-dealkylation sites (tertiary alicyclic amines) is 1. The number of nitrogens with one attached hydrogen (secondary N) is 1. The Morgan fingerprint density at radius 1 is 1.03 bits per heavy atom. The fraction of sp³-hybridized carbons (Fsp3) is 0.483. The van der Waals surface area contributed by atoms with Crippen molar-refractivity contribution in [2.45, 2.75) is 53.1 Å². The van der Waals surface area contributed by atoms with Crippen LogP contribution in [0, 0.1) is 11.3 Å². The van der Waals surface area contributed by atoms with E-state index in [1.807, 2.05) is 6.92 Å². The first-order valence-electron chi connectivity index (χ1n) is 13.0. The molecule has 0 spiro atoms. The van der Waals surface area contributed by atoms with Gasteiger partial charge in [-0.1, -0.05) is 26.0 Å². The topological polar surface area (TPSA) is 44.5 Å². The Morgan fingerprint density at radius 3 is 2.50 bits per heavy atom. The minimum atomic E-state index is 0.685. The summed E-state index contributed by atoms with van der Waals surface area (Å²) >= 11 is 0. The second-order valence-electron chi connectivity index (χ2n) is 9.96. The number of ether oxygens (including phenoxy) is 1. The third kappa shape index (κ3) is 4.46. The number of rotatable bonds is 6. The molecule has 0 radical (unpaired) electrons. The number of hydrogen-bond donors (Lipinski definition) is 1. The molecule has 3 aromatic rings. The summed E-state index contributed by atoms with van der Waals surface area (Å²) in [5.74, 6) is 2.39. The molecule has 34 heavy (non-hydrogen) atoms. The molecule has 2 aromatic carbocycles. The molecule has 5 nitrogen and oxygen atoms in total. The van der Waals surface area contributed by atoms with E-state index in [-0.39, 0.29) is 0 Å². The van der Waals surface area contributed by atoms with E-state index in [1.54, 1.807) is 0 Å². The molecule has 0 aliphatic carbocycles. The largest absolute Gasteiger partial charge is 0.494 e. The maximum Gasteiger partial charge on any atom is 0.128 e. The molecular formula is C29H38N4O. The number of aromatic nitrogens is 1. The van der Waals surface area contributed by atoms with Gasteiger partial charge in [0, 0.05) is 61.3 Å². The monoisotopic (exact) mass is 458 g/mol. The Balaban J connectivity index is 1.50. The predicted octanol–water partition coefficient (Wildman–Crippen LogP) is 5.52. The van der Waals surface area contributed by atoms with Gasteiger partial charge in [0.05, 0.1) is 6.61 Å². The third-order valence-corrected chi connectivity index (χ3v) is 7.73. The maximum atomic E-state index is 8.92. The first-order chi connectivity index (χ1) is 16.6. The van der Waals surface area contributed by atoms with Crippen LogP contribution in [0.25, 0.3) is 10.9 Å². The average molecular weight is 459 g/mol. The highest BCUT2D eigenvalue weighted by Gasteiger charge is 2.25. The van der Waals surface area contributed by atoms with Crippen molar-refractivity contribution in [3.05, 3.63) is 64.8 Å². The molecule has 1 N–H and O–H groups in total. The Morgan fingerprint density at radius 2 is 1.79 bits per heavy atom. The van der Waals surface area contributed by atoms with Gasteiger partial charge in [0.2, 0.25) is 0 Å². The first-order valence-corrected chi connectivity index (χ1v) is 13.0. The zero-order chi connectivity index (χ0) is 23.7. The second kappa shape index (κ2) is 9.83. The minimum Gasteiger partial charge on any atom is -0.494 e. The van der Waals surface area contributed by atoms with Crippen molar-refractivity contribution < 1.29 is 4.74 Å². The number of amidine groups is 1. The van der Waals surface area contributed by atoms with E-state index < -0.39 is 0 Å². The Kier molecular flexibility index (Phi) is 6.64. The number of likely N-dealkylation sites (N-methyl/N-ethyl adjacent to an activating group) is 1. The van der Waals surface area contributed by atoms with Crippen molar-refractivity contribution >= 4 is 16.7 Å². The van der Waals surface area contributed by atoms with Gasteiger partial charge in [-0.3, -0.25) is 10.3 Å². The van der Waals surface area contributed by atoms with Gasteiger partial charge < -0.3 is 14.2 Å². The number of hydrogen-bond acceptors (Lipinski definition) is 3. The van der Waals surface area contributed by atoms with E-state index in [1.165, 1.54) is 40.6 Å². The normalized spacial score (nSPS) is 17.2. The van der Waals surface area contributed by atoms with Crippen molar-refractivity contribution in [3.63, 3.8) is 0 Å². The number of piperidine rings is 1. The summed E-state index contributed by atoms with van der Waals surface area (Å²) in [6.45, 7) is 13.3. The molecule has 2 aliphatic rings. The van der Waals surface area contributed by atoms with Crippen LogP contribution in [0.3, 0.4) is 0 Å². The van der Waals surface area contributed by atoms with E-state index in [0.29, 0.717) is 12.4 Å². The summed E-state index contributed by atoms with van der Waals surface area (Å²) < 4.78 is 8.15. The highest BCUT2D eigenvalue weighted by molar-refractivity contribution is 6.01. The van der Waals surface area contributed by atoms with Gasteiger partial charge in [-0.2, -0.15) is 0 Å². The van der Waals surface area contributed by atoms with Crippen LogP contribution in [0.1, 0.15) is 56.0 Å². The fourth-order valence-electron chi connectivity index (χ4n) is 5.56. The Labute approximate surface area is 203 Å². The molecule has 5 heteroatoms. The summed E-state index contributed by atoms with van der Waals surface area (Å²) in [6, 6.07) is 15.2. The molecule has 180 valence electrons. The lowest BCUT2D eigenvalue weighted by Crippen LogP contribution is -2.37. The van der Waals surface area contributed by atoms with Gasteiger partial charge in [-0.05, 0) is 73.7 Å². The first kappa shape index (κ1) is 23.0. The summed E-state index contributed by atoms with van der Waals surface area (Å²) in [7, 11) is 0. The molecule has 1 saturated heterocycles. The lowest BCUT2D eigenvalue weighted by molar-refractivity contribution is 0.266. The lowest BCUT2D eigenvalue weighted by atomic mass is 9.98. The van der Waals surface area contributed by atoms with Crippen LogP contribution in [-0.4, -0.2) is 53.0 Å². The highest BCUT2D eigenvalue weighted by Crippen LogP contribution is 2.33. The molecule has 1 aromatic heterocycles. The van der Waals surface area contributed by atoms with Crippen LogP contribution in [-0.2, 0) is 19.5 Å². The Hall–Kier alpha value is -2.79. The summed E-state index contributed by atoms with van der Waals surface area (Å²) in [5, 5.41) is 10.2. The molecular weight excluding hydrogens is 420 g/mol. The zero-order valence-corrected chi connectivity index (χ0v) is 20.9. The molecule has 5 rings (SSSR count). The van der Waals surface area contributed by atoms with E-state index >= 15 is 0 Å². The van der Waals surface area contributed by atoms with Gasteiger partial charge in [0.25, 0.3) is 0 Å². The average Bonchev–Trinajstić information content (AvgIpc) is 3.17. The van der Waals surface area contributed by atoms with E-state index in [9.17, 15) is 0 Å². The molecule has 1 fully saturated rings. The molecule has 2 aliphatic heterocycles. The minimum absolute atomic E-state index is 0.685. The standard InChI is InChI=1S/C29H38N4O/c1-4-31-15-14-28-26(20-31)25-18-23(29(30)32-16-12-21(3)13-17-32)8-11-27(25)33(28)19-22-6-9-24(10-7-22)34-5-2/h6-11,18,21,30H,4-5,12-17,19-20H2,1-3H3. The molecule has 0 bridgehead atoms. The van der Waals surface area contributed by atoms with Crippen LogP contribution in [0.15, 0.2) is 42.5 Å². The third-order valence-electron chi connectivity index (χ3n) is 7.73. The van der Waals surface area contributed by atoms with Crippen LogP contribution in [0.4, 0.5) is 0 Å². The predicted molar refractivity (Wildman–Crippen MR) is 140 cm³/mol. The SMILES string of the molecule is CCOc1ccc(Cn2c3c(c4cc(C(=N)N5CCC(C)CC5)ccc42)CN(CC)CC3)cc1. The Bertz CT molecular complexity index is 1160. The van der Waals surface area contributed by atoms with Crippen LogP contribution in [0.2, 0.25) is 0 Å². The van der Waals surface area contributed by atoms with Gasteiger partial charge in [0.1, 0.15) is 11.6 Å². The zero-order valence-electron chi connectivity index (χ0n) is 20.9. The molecule has 0 amide bonds. The quantitative estimate of drug-likeness (QED) is 0.391. The van der Waals surface area contributed by atoms with Crippen molar-refractivity contribution in [2.75, 3.05) is 32.8 Å². The summed E-state index contributed by atoms with van der Waals surface area (Å²) in [5.41, 5.74) is 6.55. The lowest BCUT2D eigenvalue weighted by Gasteiger charge is -2.32. The maximum absolute atomic E-state index is 8.92. The van der Waals surface area contributed by atoms with Gasteiger partial charge in [-0.15, -0.1) is 0 Å². The highest BCUT2D eigenvalue weighted by atomic mass is 16.5. The van der Waals surface area contributed by atoms with Gasteiger partial charge in [0.15, 0.2) is 0 Å². The molecule has 0 saturated carbocycles. The fourth-order valence-corrected chi connectivity index (χ4v) is 5.56. The smallest absolute Gasteiger partial charge is 0.128 e. The molecule has 3 heterocycles. The van der Waals surface area contributed by atoms with Crippen LogP contribution < -0.4 is 4.74 Å². The number of fused-ring (bicyclic) bond motifs is 3. The molecule has 0 unspecified atom stereocenters. The van der Waals surface area contributed by atoms with Gasteiger partial charge in [-0.25, -0.2) is 0 Å². The number of benzene rings is 2. The molecule has 0 atom stereocenters. The van der Waals surface area contributed by atoms with Crippen LogP contribution >= 0.6 is 0 Å².